The van der Waals surface area contributed by atoms with Crippen LogP contribution < -0.4 is 10.1 Å². The highest BCUT2D eigenvalue weighted by atomic mass is 32.1. The summed E-state index contributed by atoms with van der Waals surface area (Å²) in [6, 6.07) is 0. The zero-order valence-electron chi connectivity index (χ0n) is 14.6. The number of nitrogens with zero attached hydrogens (tertiary/aromatic N) is 1. The van der Waals surface area contributed by atoms with Gasteiger partial charge in [-0.15, -0.1) is 22.7 Å². The fourth-order valence-electron chi connectivity index (χ4n) is 2.19. The van der Waals surface area contributed by atoms with E-state index in [2.05, 4.69) is 5.32 Å². The molecule has 0 aliphatic rings. The number of anilines is 1. The first-order chi connectivity index (χ1) is 12.4. The number of hydrogen-bond acceptors (Lipinski definition) is 8. The summed E-state index contributed by atoms with van der Waals surface area (Å²) in [5.74, 6) is -1.58. The molecule has 0 bridgehead atoms. The van der Waals surface area contributed by atoms with E-state index in [1.807, 2.05) is 0 Å². The molecular weight excluding hydrogens is 378 g/mol. The van der Waals surface area contributed by atoms with Gasteiger partial charge >= 0.3 is 11.9 Å². The van der Waals surface area contributed by atoms with Gasteiger partial charge < -0.3 is 19.4 Å². The smallest absolute Gasteiger partial charge is 0.348 e. The lowest BCUT2D eigenvalue weighted by Crippen LogP contribution is -2.24. The molecule has 0 aromatic carbocycles. The Morgan fingerprint density at radius 2 is 1.85 bits per heavy atom. The Bertz CT molecular complexity index is 881. The van der Waals surface area contributed by atoms with Crippen LogP contribution in [0.25, 0.3) is 0 Å². The van der Waals surface area contributed by atoms with Crippen molar-refractivity contribution in [3.05, 3.63) is 32.4 Å². The topological polar surface area (TPSA) is 110 Å². The van der Waals surface area contributed by atoms with Crippen LogP contribution in [0.15, 0.2) is 11.6 Å². The summed E-state index contributed by atoms with van der Waals surface area (Å²) in [7, 11) is 0. The minimum absolute atomic E-state index is 0.0731. The maximum absolute atomic E-state index is 12.3. The third-order valence-corrected chi connectivity index (χ3v) is 5.24. The average Bonchev–Trinajstić information content (AvgIpc) is 3.11. The Labute approximate surface area is 157 Å². The minimum atomic E-state index is -0.614. The molecule has 2 aromatic heterocycles. The lowest BCUT2D eigenvalue weighted by molar-refractivity contribution is -0.116. The molecule has 0 unspecified atom stereocenters. The Balaban J connectivity index is 2.32. The standard InChI is InChI=1S/C16H19N3O5S2/c1-4-23-14(21)11-9(3)12(15(22)24-5-2)26-13(11)18-10(20)8-19-6-7-25-16(19)17/h6-7,17H,4-5,8H2,1-3H3,(H,18,20). The highest BCUT2D eigenvalue weighted by molar-refractivity contribution is 7.18. The van der Waals surface area contributed by atoms with E-state index in [9.17, 15) is 14.4 Å². The van der Waals surface area contributed by atoms with Crippen molar-refractivity contribution in [1.29, 1.82) is 5.41 Å². The highest BCUT2D eigenvalue weighted by Crippen LogP contribution is 2.34. The van der Waals surface area contributed by atoms with Crippen molar-refractivity contribution in [3.8, 4) is 0 Å². The first kappa shape index (κ1) is 19.9. The van der Waals surface area contributed by atoms with E-state index >= 15 is 0 Å². The summed E-state index contributed by atoms with van der Waals surface area (Å²) >= 11 is 2.17. The van der Waals surface area contributed by atoms with Crippen molar-refractivity contribution in [1.82, 2.24) is 4.57 Å². The molecule has 0 atom stereocenters. The number of carbonyl (C=O) groups excluding carboxylic acids is 3. The maximum Gasteiger partial charge on any atom is 0.348 e. The number of hydrogen-bond donors (Lipinski definition) is 2. The second-order valence-electron chi connectivity index (χ2n) is 5.09. The molecule has 0 saturated heterocycles. The Hall–Kier alpha value is -2.46. The number of thiazole rings is 1. The van der Waals surface area contributed by atoms with Crippen LogP contribution in [-0.2, 0) is 20.8 Å². The van der Waals surface area contributed by atoms with Crippen molar-refractivity contribution in [3.63, 3.8) is 0 Å². The number of esters is 2. The van der Waals surface area contributed by atoms with E-state index in [0.29, 0.717) is 5.56 Å². The second-order valence-corrected chi connectivity index (χ2v) is 7.00. The third kappa shape index (κ3) is 4.38. The van der Waals surface area contributed by atoms with Gasteiger partial charge in [-0.1, -0.05) is 0 Å². The lowest BCUT2D eigenvalue weighted by atomic mass is 10.1. The number of nitrogens with one attached hydrogen (secondary N) is 2. The monoisotopic (exact) mass is 397 g/mol. The number of rotatable bonds is 7. The third-order valence-electron chi connectivity index (χ3n) is 3.34. The lowest BCUT2D eigenvalue weighted by Gasteiger charge is -2.07. The Morgan fingerprint density at radius 1 is 1.19 bits per heavy atom. The zero-order valence-corrected chi connectivity index (χ0v) is 16.2. The molecule has 2 aromatic rings. The molecule has 0 saturated carbocycles. The number of ether oxygens (including phenoxy) is 2. The van der Waals surface area contributed by atoms with Gasteiger partial charge in [-0.2, -0.15) is 0 Å². The van der Waals surface area contributed by atoms with Crippen molar-refractivity contribution in [2.24, 2.45) is 0 Å². The van der Waals surface area contributed by atoms with Crippen molar-refractivity contribution in [2.45, 2.75) is 27.3 Å². The van der Waals surface area contributed by atoms with Gasteiger partial charge in [-0.25, -0.2) is 9.59 Å². The number of thiophene rings is 1. The average molecular weight is 397 g/mol. The van der Waals surface area contributed by atoms with Crippen LogP contribution in [0.3, 0.4) is 0 Å². The van der Waals surface area contributed by atoms with Crippen LogP contribution >= 0.6 is 22.7 Å². The number of aromatic nitrogens is 1. The van der Waals surface area contributed by atoms with Gasteiger partial charge in [0.2, 0.25) is 5.91 Å². The van der Waals surface area contributed by atoms with E-state index in [0.717, 1.165) is 11.3 Å². The van der Waals surface area contributed by atoms with E-state index in [-0.39, 0.29) is 40.0 Å². The summed E-state index contributed by atoms with van der Waals surface area (Å²) in [5.41, 5.74) is 0.557. The predicted octanol–water partition coefficient (Wildman–Crippen LogP) is 2.39. The fourth-order valence-corrected chi connectivity index (χ4v) is 3.89. The molecule has 10 heteroatoms. The second kappa shape index (κ2) is 8.77. The molecule has 140 valence electrons. The van der Waals surface area contributed by atoms with Gasteiger partial charge in [0.1, 0.15) is 16.4 Å². The molecule has 1 amide bonds. The summed E-state index contributed by atoms with van der Waals surface area (Å²) in [6.45, 7) is 5.27. The molecule has 2 rings (SSSR count). The SMILES string of the molecule is CCOC(=O)c1sc(NC(=O)Cn2ccsc2=N)c(C(=O)OCC)c1C. The first-order valence-electron chi connectivity index (χ1n) is 7.85. The van der Waals surface area contributed by atoms with E-state index in [4.69, 9.17) is 14.9 Å². The van der Waals surface area contributed by atoms with Crippen LogP contribution in [0.1, 0.15) is 39.4 Å². The molecule has 26 heavy (non-hydrogen) atoms. The van der Waals surface area contributed by atoms with Gasteiger partial charge in [-0.3, -0.25) is 10.2 Å². The molecule has 0 aliphatic carbocycles. The maximum atomic E-state index is 12.3. The van der Waals surface area contributed by atoms with Crippen molar-refractivity contribution in [2.75, 3.05) is 18.5 Å². The van der Waals surface area contributed by atoms with E-state index < -0.39 is 17.8 Å². The molecule has 2 N–H and O–H groups in total. The largest absolute Gasteiger partial charge is 0.462 e. The van der Waals surface area contributed by atoms with Gasteiger partial charge in [0.05, 0.1) is 18.8 Å². The summed E-state index contributed by atoms with van der Waals surface area (Å²) in [6.07, 6.45) is 1.63. The summed E-state index contributed by atoms with van der Waals surface area (Å²) < 4.78 is 11.5. The molecule has 0 fully saturated rings. The first-order valence-corrected chi connectivity index (χ1v) is 9.54. The van der Waals surface area contributed by atoms with E-state index in [1.54, 1.807) is 32.3 Å². The number of carbonyl (C=O) groups is 3. The highest BCUT2D eigenvalue weighted by Gasteiger charge is 2.27. The Kier molecular flexibility index (Phi) is 6.70. The quantitative estimate of drug-likeness (QED) is 0.697. The molecule has 0 radical (unpaired) electrons. The molecular formula is C16H19N3O5S2. The Morgan fingerprint density at radius 3 is 2.42 bits per heavy atom. The fraction of sp³-hybridized carbons (Fsp3) is 0.375. The zero-order chi connectivity index (χ0) is 19.3. The predicted molar refractivity (Wildman–Crippen MR) is 97.8 cm³/mol. The summed E-state index contributed by atoms with van der Waals surface area (Å²) in [4.78, 5) is 37.2. The normalized spacial score (nSPS) is 10.4. The molecule has 2 heterocycles. The molecule has 0 aliphatic heterocycles. The van der Waals surface area contributed by atoms with Crippen LogP contribution in [0.4, 0.5) is 5.00 Å². The number of amides is 1. The van der Waals surface area contributed by atoms with Gasteiger partial charge in [0, 0.05) is 11.6 Å². The minimum Gasteiger partial charge on any atom is -0.462 e. The van der Waals surface area contributed by atoms with Gasteiger partial charge in [-0.05, 0) is 26.3 Å². The van der Waals surface area contributed by atoms with Crippen molar-refractivity contribution < 1.29 is 23.9 Å². The van der Waals surface area contributed by atoms with Crippen LogP contribution in [0.2, 0.25) is 0 Å². The van der Waals surface area contributed by atoms with Crippen molar-refractivity contribution >= 4 is 45.5 Å². The summed E-state index contributed by atoms with van der Waals surface area (Å²) in [5, 5.41) is 12.3. The molecule has 8 nitrogen and oxygen atoms in total. The van der Waals surface area contributed by atoms with E-state index in [1.165, 1.54) is 15.9 Å². The van der Waals surface area contributed by atoms with Gasteiger partial charge in [0.25, 0.3) is 0 Å². The van der Waals surface area contributed by atoms with Crippen LogP contribution in [0, 0.1) is 12.3 Å². The van der Waals surface area contributed by atoms with Gasteiger partial charge in [0.15, 0.2) is 4.80 Å². The molecule has 0 spiro atoms. The van der Waals surface area contributed by atoms with Crippen LogP contribution in [-0.4, -0.2) is 35.6 Å². The van der Waals surface area contributed by atoms with Crippen LogP contribution in [0.5, 0.6) is 0 Å².